The lowest BCUT2D eigenvalue weighted by Gasteiger charge is -2.04. The number of hydrogen-bond acceptors (Lipinski definition) is 5. The molecule has 2 N–H and O–H groups in total. The summed E-state index contributed by atoms with van der Waals surface area (Å²) >= 11 is 1.37. The molecule has 3 aromatic rings. The molecule has 138 valence electrons. The summed E-state index contributed by atoms with van der Waals surface area (Å²) in [6, 6.07) is 14.7. The molecular weight excluding hydrogens is 362 g/mol. The van der Waals surface area contributed by atoms with Gasteiger partial charge in [0, 0.05) is 30.0 Å². The molecule has 0 fully saturated rings. The van der Waals surface area contributed by atoms with Gasteiger partial charge < -0.3 is 10.1 Å². The van der Waals surface area contributed by atoms with Crippen molar-refractivity contribution in [2.45, 2.75) is 13.5 Å². The van der Waals surface area contributed by atoms with Crippen molar-refractivity contribution in [1.82, 2.24) is 10.3 Å². The van der Waals surface area contributed by atoms with Crippen LogP contribution in [0.2, 0.25) is 0 Å². The average Bonchev–Trinajstić information content (AvgIpc) is 3.15. The molecule has 1 heterocycles. The van der Waals surface area contributed by atoms with E-state index in [1.165, 1.54) is 18.3 Å². The van der Waals surface area contributed by atoms with Crippen LogP contribution < -0.4 is 15.4 Å². The molecule has 0 bridgehead atoms. The number of amides is 2. The Morgan fingerprint density at radius 1 is 1.07 bits per heavy atom. The van der Waals surface area contributed by atoms with Crippen LogP contribution in [0.4, 0.5) is 5.13 Å². The van der Waals surface area contributed by atoms with Crippen molar-refractivity contribution in [3.05, 3.63) is 65.0 Å². The standard InChI is InChI=1S/C20H19N3O3S/c1-13(24)21-11-14-3-5-15(6-4-14)18-12-27-20(22-18)23-19(25)16-7-9-17(26-2)10-8-16/h3-10,12H,11H2,1-2H3,(H,21,24)(H,22,23,25). The molecule has 1 aromatic heterocycles. The van der Waals surface area contributed by atoms with Crippen LogP contribution in [-0.4, -0.2) is 23.9 Å². The van der Waals surface area contributed by atoms with Crippen molar-refractivity contribution in [3.63, 3.8) is 0 Å². The molecule has 0 atom stereocenters. The van der Waals surface area contributed by atoms with Crippen molar-refractivity contribution >= 4 is 28.3 Å². The zero-order valence-corrected chi connectivity index (χ0v) is 15.8. The zero-order valence-electron chi connectivity index (χ0n) is 15.0. The van der Waals surface area contributed by atoms with Crippen molar-refractivity contribution in [1.29, 1.82) is 0 Å². The molecule has 0 spiro atoms. The topological polar surface area (TPSA) is 80.3 Å². The number of methoxy groups -OCH3 is 1. The van der Waals surface area contributed by atoms with E-state index in [2.05, 4.69) is 15.6 Å². The number of carbonyl (C=O) groups excluding carboxylic acids is 2. The third-order valence-corrected chi connectivity index (χ3v) is 4.63. The van der Waals surface area contributed by atoms with Gasteiger partial charge in [-0.2, -0.15) is 0 Å². The first-order valence-corrected chi connectivity index (χ1v) is 9.18. The second kappa shape index (κ2) is 8.46. The minimum absolute atomic E-state index is 0.0594. The van der Waals surface area contributed by atoms with E-state index in [-0.39, 0.29) is 11.8 Å². The van der Waals surface area contributed by atoms with Crippen LogP contribution in [0, 0.1) is 0 Å². The third kappa shape index (κ3) is 4.92. The molecule has 27 heavy (non-hydrogen) atoms. The Morgan fingerprint density at radius 2 is 1.78 bits per heavy atom. The lowest BCUT2D eigenvalue weighted by atomic mass is 10.1. The van der Waals surface area contributed by atoms with Crippen LogP contribution in [0.1, 0.15) is 22.8 Å². The molecule has 0 unspecified atom stereocenters. The largest absolute Gasteiger partial charge is 0.497 e. The maximum Gasteiger partial charge on any atom is 0.257 e. The summed E-state index contributed by atoms with van der Waals surface area (Å²) in [7, 11) is 1.58. The van der Waals surface area contributed by atoms with Crippen molar-refractivity contribution in [2.24, 2.45) is 0 Å². The number of nitrogens with one attached hydrogen (secondary N) is 2. The van der Waals surface area contributed by atoms with Crippen molar-refractivity contribution in [3.8, 4) is 17.0 Å². The molecule has 6 nitrogen and oxygen atoms in total. The van der Waals surface area contributed by atoms with Gasteiger partial charge in [-0.3, -0.25) is 14.9 Å². The maximum atomic E-state index is 12.3. The van der Waals surface area contributed by atoms with Crippen LogP contribution in [-0.2, 0) is 11.3 Å². The van der Waals surface area contributed by atoms with Crippen molar-refractivity contribution < 1.29 is 14.3 Å². The molecule has 7 heteroatoms. The first-order valence-electron chi connectivity index (χ1n) is 8.30. The smallest absolute Gasteiger partial charge is 0.257 e. The molecule has 3 rings (SSSR count). The first kappa shape index (κ1) is 18.6. The Labute approximate surface area is 161 Å². The fraction of sp³-hybridized carbons (Fsp3) is 0.150. The number of thiazole rings is 1. The van der Waals surface area contributed by atoms with Crippen LogP contribution >= 0.6 is 11.3 Å². The van der Waals surface area contributed by atoms with Gasteiger partial charge in [-0.1, -0.05) is 24.3 Å². The van der Waals surface area contributed by atoms with Crippen LogP contribution in [0.25, 0.3) is 11.3 Å². The number of aromatic nitrogens is 1. The predicted molar refractivity (Wildman–Crippen MR) is 106 cm³/mol. The summed E-state index contributed by atoms with van der Waals surface area (Å²) in [6.45, 7) is 1.99. The minimum Gasteiger partial charge on any atom is -0.497 e. The SMILES string of the molecule is COc1ccc(C(=O)Nc2nc(-c3ccc(CNC(C)=O)cc3)cs2)cc1. The number of hydrogen-bond donors (Lipinski definition) is 2. The molecule has 0 saturated carbocycles. The van der Waals surface area contributed by atoms with E-state index in [1.54, 1.807) is 31.4 Å². The fourth-order valence-electron chi connectivity index (χ4n) is 2.40. The summed E-state index contributed by atoms with van der Waals surface area (Å²) in [5, 5.41) is 8.00. The van der Waals surface area contributed by atoms with E-state index in [1.807, 2.05) is 29.6 Å². The van der Waals surface area contributed by atoms with Gasteiger partial charge in [0.05, 0.1) is 12.8 Å². The van der Waals surface area contributed by atoms with Crippen LogP contribution in [0.5, 0.6) is 5.75 Å². The summed E-state index contributed by atoms with van der Waals surface area (Å²) in [4.78, 5) is 27.8. The minimum atomic E-state index is -0.218. The van der Waals surface area contributed by atoms with Gasteiger partial charge in [-0.05, 0) is 29.8 Å². The molecule has 2 amide bonds. The number of ether oxygens (including phenoxy) is 1. The number of rotatable bonds is 6. The van der Waals surface area contributed by atoms with E-state index in [9.17, 15) is 9.59 Å². The van der Waals surface area contributed by atoms with Gasteiger partial charge in [0.2, 0.25) is 5.91 Å². The normalized spacial score (nSPS) is 10.3. The van der Waals surface area contributed by atoms with Gasteiger partial charge in [0.15, 0.2) is 5.13 Å². The number of benzene rings is 2. The molecule has 0 saturated heterocycles. The van der Waals surface area contributed by atoms with E-state index < -0.39 is 0 Å². The Bertz CT molecular complexity index is 934. The maximum absolute atomic E-state index is 12.3. The van der Waals surface area contributed by atoms with Crippen LogP contribution in [0.15, 0.2) is 53.9 Å². The second-order valence-corrected chi connectivity index (χ2v) is 6.69. The molecule has 0 aliphatic rings. The Kier molecular flexibility index (Phi) is 5.83. The molecule has 2 aromatic carbocycles. The molecular formula is C20H19N3O3S. The Morgan fingerprint density at radius 3 is 2.41 bits per heavy atom. The highest BCUT2D eigenvalue weighted by Gasteiger charge is 2.10. The van der Waals surface area contributed by atoms with Gasteiger partial charge >= 0.3 is 0 Å². The summed E-state index contributed by atoms with van der Waals surface area (Å²) in [6.07, 6.45) is 0. The number of anilines is 1. The number of nitrogens with zero attached hydrogens (tertiary/aromatic N) is 1. The second-order valence-electron chi connectivity index (χ2n) is 5.83. The fourth-order valence-corrected chi connectivity index (χ4v) is 3.11. The summed E-state index contributed by atoms with van der Waals surface area (Å²) in [5.74, 6) is 0.421. The van der Waals surface area contributed by atoms with Gasteiger partial charge in [0.25, 0.3) is 5.91 Å². The first-order chi connectivity index (χ1) is 13.0. The number of carbonyl (C=O) groups is 2. The average molecular weight is 381 g/mol. The highest BCUT2D eigenvalue weighted by atomic mass is 32.1. The monoisotopic (exact) mass is 381 g/mol. The van der Waals surface area contributed by atoms with E-state index in [0.29, 0.717) is 23.0 Å². The molecule has 0 aliphatic carbocycles. The summed E-state index contributed by atoms with van der Waals surface area (Å²) < 4.78 is 5.09. The quantitative estimate of drug-likeness (QED) is 0.682. The Balaban J connectivity index is 1.65. The summed E-state index contributed by atoms with van der Waals surface area (Å²) in [5.41, 5.74) is 3.28. The predicted octanol–water partition coefficient (Wildman–Crippen LogP) is 3.71. The van der Waals surface area contributed by atoms with Crippen molar-refractivity contribution in [2.75, 3.05) is 12.4 Å². The molecule has 0 radical (unpaired) electrons. The third-order valence-electron chi connectivity index (χ3n) is 3.87. The van der Waals surface area contributed by atoms with Gasteiger partial charge in [-0.15, -0.1) is 11.3 Å². The zero-order chi connectivity index (χ0) is 19.2. The highest BCUT2D eigenvalue weighted by molar-refractivity contribution is 7.14. The van der Waals surface area contributed by atoms with Gasteiger partial charge in [0.1, 0.15) is 5.75 Å². The van der Waals surface area contributed by atoms with E-state index in [0.717, 1.165) is 16.8 Å². The van der Waals surface area contributed by atoms with Gasteiger partial charge in [-0.25, -0.2) is 4.98 Å². The lowest BCUT2D eigenvalue weighted by Crippen LogP contribution is -2.18. The van der Waals surface area contributed by atoms with E-state index in [4.69, 9.17) is 4.74 Å². The van der Waals surface area contributed by atoms with E-state index >= 15 is 0 Å². The van der Waals surface area contributed by atoms with Crippen LogP contribution in [0.3, 0.4) is 0 Å². The lowest BCUT2D eigenvalue weighted by molar-refractivity contribution is -0.119. The molecule has 0 aliphatic heterocycles. The Hall–Kier alpha value is -3.19. The highest BCUT2D eigenvalue weighted by Crippen LogP contribution is 2.25.